The normalized spacial score (nSPS) is 19.5. The summed E-state index contributed by atoms with van der Waals surface area (Å²) in [5.41, 5.74) is 0. The van der Waals surface area contributed by atoms with Gasteiger partial charge in [0.05, 0.1) is 6.54 Å². The Bertz CT molecular complexity index is 362. The van der Waals surface area contributed by atoms with Gasteiger partial charge in [-0.3, -0.25) is 0 Å². The van der Waals surface area contributed by atoms with Crippen molar-refractivity contribution in [1.29, 1.82) is 0 Å². The molecule has 1 aromatic rings. The third kappa shape index (κ3) is 2.25. The number of aromatic nitrogens is 2. The lowest BCUT2D eigenvalue weighted by Crippen LogP contribution is -2.24. The molecule has 1 aliphatic heterocycles. The van der Waals surface area contributed by atoms with Crippen LogP contribution >= 0.6 is 0 Å². The lowest BCUT2D eigenvalue weighted by Gasteiger charge is -2.08. The number of ether oxygens (including phenoxy) is 2. The molecule has 7 heteroatoms. The van der Waals surface area contributed by atoms with Crippen LogP contribution in [0.2, 0.25) is 0 Å². The molecule has 1 aliphatic rings. The number of imidazole rings is 1. The van der Waals surface area contributed by atoms with Gasteiger partial charge < -0.3 is 14.8 Å². The molecular formula is C8H9N3O4. The third-order valence-electron chi connectivity index (χ3n) is 1.86. The molecule has 0 bridgehead atoms. The lowest BCUT2D eigenvalue weighted by molar-refractivity contribution is 0.0742. The van der Waals surface area contributed by atoms with E-state index in [0.29, 0.717) is 6.54 Å². The van der Waals surface area contributed by atoms with E-state index in [1.807, 2.05) is 0 Å². The van der Waals surface area contributed by atoms with E-state index in [2.05, 4.69) is 10.3 Å². The molecule has 1 saturated heterocycles. The van der Waals surface area contributed by atoms with Crippen molar-refractivity contribution in [2.75, 3.05) is 13.2 Å². The number of hydrogen-bond acceptors (Lipinski definition) is 5. The number of alkyl carbamates (subject to hydrolysis) is 1. The number of carbonyl (C=O) groups is 2. The average molecular weight is 211 g/mol. The topological polar surface area (TPSA) is 82.5 Å². The van der Waals surface area contributed by atoms with Gasteiger partial charge in [-0.05, 0) is 0 Å². The van der Waals surface area contributed by atoms with Gasteiger partial charge in [-0.25, -0.2) is 19.1 Å². The minimum Gasteiger partial charge on any atom is -0.445 e. The maximum atomic E-state index is 11.3. The quantitative estimate of drug-likeness (QED) is 0.743. The molecule has 2 heterocycles. The molecule has 80 valence electrons. The predicted molar refractivity (Wildman–Crippen MR) is 47.2 cm³/mol. The molecular weight excluding hydrogens is 202 g/mol. The monoisotopic (exact) mass is 211 g/mol. The number of carbonyl (C=O) groups excluding carboxylic acids is 2. The van der Waals surface area contributed by atoms with Crippen molar-refractivity contribution in [2.45, 2.75) is 6.10 Å². The molecule has 0 spiro atoms. The summed E-state index contributed by atoms with van der Waals surface area (Å²) in [4.78, 5) is 25.6. The molecule has 1 N–H and O–H groups in total. The minimum atomic E-state index is -0.546. The lowest BCUT2D eigenvalue weighted by atomic mass is 10.4. The molecule has 15 heavy (non-hydrogen) atoms. The van der Waals surface area contributed by atoms with Crippen LogP contribution < -0.4 is 5.32 Å². The average Bonchev–Trinajstić information content (AvgIpc) is 2.84. The fourth-order valence-corrected chi connectivity index (χ4v) is 1.13. The van der Waals surface area contributed by atoms with Gasteiger partial charge in [0.2, 0.25) is 0 Å². The summed E-state index contributed by atoms with van der Waals surface area (Å²) in [6, 6.07) is 0. The van der Waals surface area contributed by atoms with Gasteiger partial charge in [-0.2, -0.15) is 0 Å². The van der Waals surface area contributed by atoms with Crippen LogP contribution in [-0.2, 0) is 9.47 Å². The van der Waals surface area contributed by atoms with E-state index in [1.165, 1.54) is 23.3 Å². The zero-order chi connectivity index (χ0) is 10.7. The molecule has 1 fully saturated rings. The summed E-state index contributed by atoms with van der Waals surface area (Å²) in [5, 5.41) is 2.46. The number of nitrogens with one attached hydrogen (secondary N) is 1. The van der Waals surface area contributed by atoms with E-state index in [-0.39, 0.29) is 6.61 Å². The second-order valence-electron chi connectivity index (χ2n) is 2.96. The van der Waals surface area contributed by atoms with Gasteiger partial charge in [-0.15, -0.1) is 0 Å². The van der Waals surface area contributed by atoms with Gasteiger partial charge >= 0.3 is 12.2 Å². The van der Waals surface area contributed by atoms with Crippen LogP contribution in [0.4, 0.5) is 9.59 Å². The van der Waals surface area contributed by atoms with Gasteiger partial charge in [-0.1, -0.05) is 0 Å². The first-order valence-corrected chi connectivity index (χ1v) is 4.35. The van der Waals surface area contributed by atoms with Crippen molar-refractivity contribution in [1.82, 2.24) is 14.9 Å². The minimum absolute atomic E-state index is 0.0375. The van der Waals surface area contributed by atoms with Crippen molar-refractivity contribution in [3.63, 3.8) is 0 Å². The SMILES string of the molecule is O=C1NCC(COC(=O)n2ccnc2)O1. The van der Waals surface area contributed by atoms with E-state index in [9.17, 15) is 9.59 Å². The maximum absolute atomic E-state index is 11.3. The molecule has 2 rings (SSSR count). The Hall–Kier alpha value is -2.05. The fourth-order valence-electron chi connectivity index (χ4n) is 1.13. The summed E-state index contributed by atoms with van der Waals surface area (Å²) in [6.07, 6.45) is 2.83. The fraction of sp³-hybridized carbons (Fsp3) is 0.375. The van der Waals surface area contributed by atoms with Crippen molar-refractivity contribution in [3.05, 3.63) is 18.7 Å². The first kappa shape index (κ1) is 9.50. The van der Waals surface area contributed by atoms with Crippen LogP contribution in [0.15, 0.2) is 18.7 Å². The number of amides is 1. The molecule has 0 saturated carbocycles. The van der Waals surface area contributed by atoms with Crippen LogP contribution in [0.5, 0.6) is 0 Å². The molecule has 1 aromatic heterocycles. The first-order valence-electron chi connectivity index (χ1n) is 4.35. The largest absolute Gasteiger partial charge is 0.445 e. The number of rotatable bonds is 2. The Morgan fingerprint density at radius 3 is 3.27 bits per heavy atom. The van der Waals surface area contributed by atoms with E-state index in [0.717, 1.165) is 0 Å². The van der Waals surface area contributed by atoms with Gasteiger partial charge in [0.15, 0.2) is 6.10 Å². The Morgan fingerprint density at radius 1 is 1.80 bits per heavy atom. The highest BCUT2D eigenvalue weighted by Crippen LogP contribution is 2.01. The predicted octanol–water partition coefficient (Wildman–Crippen LogP) is -0.0238. The molecule has 1 amide bonds. The second-order valence-corrected chi connectivity index (χ2v) is 2.96. The molecule has 1 atom stereocenters. The third-order valence-corrected chi connectivity index (χ3v) is 1.86. The van der Waals surface area contributed by atoms with Crippen LogP contribution in [-0.4, -0.2) is 41.0 Å². The van der Waals surface area contributed by atoms with Crippen LogP contribution in [0.25, 0.3) is 0 Å². The van der Waals surface area contributed by atoms with Gasteiger partial charge in [0.1, 0.15) is 12.9 Å². The number of cyclic esters (lactones) is 1. The zero-order valence-corrected chi connectivity index (χ0v) is 7.75. The second kappa shape index (κ2) is 3.99. The molecule has 7 nitrogen and oxygen atoms in total. The van der Waals surface area contributed by atoms with Crippen molar-refractivity contribution < 1.29 is 19.1 Å². The highest BCUT2D eigenvalue weighted by molar-refractivity contribution is 5.71. The van der Waals surface area contributed by atoms with Gasteiger partial charge in [0.25, 0.3) is 0 Å². The summed E-state index contributed by atoms with van der Waals surface area (Å²) < 4.78 is 10.9. The molecule has 1 unspecified atom stereocenters. The van der Waals surface area contributed by atoms with E-state index < -0.39 is 18.3 Å². The first-order chi connectivity index (χ1) is 7.25. The van der Waals surface area contributed by atoms with Crippen molar-refractivity contribution in [2.24, 2.45) is 0 Å². The summed E-state index contributed by atoms with van der Waals surface area (Å²) >= 11 is 0. The zero-order valence-electron chi connectivity index (χ0n) is 7.75. The summed E-state index contributed by atoms with van der Waals surface area (Å²) in [7, 11) is 0. The van der Waals surface area contributed by atoms with Crippen molar-refractivity contribution in [3.8, 4) is 0 Å². The summed E-state index contributed by atoms with van der Waals surface area (Å²) in [6.45, 7) is 0.395. The van der Waals surface area contributed by atoms with Crippen LogP contribution in [0.3, 0.4) is 0 Å². The highest BCUT2D eigenvalue weighted by Gasteiger charge is 2.23. The van der Waals surface area contributed by atoms with E-state index >= 15 is 0 Å². The number of nitrogens with zero attached hydrogens (tertiary/aromatic N) is 2. The van der Waals surface area contributed by atoms with E-state index in [4.69, 9.17) is 9.47 Å². The Kier molecular flexibility index (Phi) is 2.53. The van der Waals surface area contributed by atoms with Crippen LogP contribution in [0.1, 0.15) is 0 Å². The Balaban J connectivity index is 1.79. The Labute approximate surface area is 85.0 Å². The highest BCUT2D eigenvalue weighted by atomic mass is 16.6. The van der Waals surface area contributed by atoms with Gasteiger partial charge in [0, 0.05) is 12.4 Å². The van der Waals surface area contributed by atoms with Crippen LogP contribution in [0, 0.1) is 0 Å². The Morgan fingerprint density at radius 2 is 2.67 bits per heavy atom. The van der Waals surface area contributed by atoms with E-state index in [1.54, 1.807) is 0 Å². The molecule has 0 aliphatic carbocycles. The number of hydrogen-bond donors (Lipinski definition) is 1. The smallest absolute Gasteiger partial charge is 0.419 e. The molecule has 0 radical (unpaired) electrons. The standard InChI is InChI=1S/C8H9N3O4/c12-7-10-3-6(15-7)4-14-8(13)11-2-1-9-5-11/h1-2,5-6H,3-4H2,(H,10,12). The molecule has 0 aromatic carbocycles. The maximum Gasteiger partial charge on any atom is 0.419 e. The summed E-state index contributed by atoms with van der Waals surface area (Å²) in [5.74, 6) is 0. The van der Waals surface area contributed by atoms with Crippen molar-refractivity contribution >= 4 is 12.2 Å².